The SMILES string of the molecule is CCCCCC1CCC(C2CCC(C3CCC(OC4=C(N)CC(N)(O)C=C4)CC3)CC2)CC1. The summed E-state index contributed by atoms with van der Waals surface area (Å²) in [5, 5.41) is 9.92. The van der Waals surface area contributed by atoms with Gasteiger partial charge in [0.05, 0.1) is 11.8 Å². The zero-order valence-corrected chi connectivity index (χ0v) is 21.1. The first kappa shape index (κ1) is 25.1. The van der Waals surface area contributed by atoms with Crippen molar-refractivity contribution < 1.29 is 9.84 Å². The summed E-state index contributed by atoms with van der Waals surface area (Å²) in [5.41, 5.74) is 11.1. The average molecular weight is 459 g/mol. The van der Waals surface area contributed by atoms with Crippen LogP contribution >= 0.6 is 0 Å². The molecule has 4 nitrogen and oxygen atoms in total. The minimum atomic E-state index is -1.33. The first-order chi connectivity index (χ1) is 15.9. The van der Waals surface area contributed by atoms with Gasteiger partial charge in [-0.1, -0.05) is 45.4 Å². The third-order valence-electron chi connectivity index (χ3n) is 9.58. The van der Waals surface area contributed by atoms with E-state index in [1.54, 1.807) is 12.2 Å². The summed E-state index contributed by atoms with van der Waals surface area (Å²) in [6.07, 6.45) is 26.4. The minimum absolute atomic E-state index is 0.248. The maximum atomic E-state index is 9.92. The molecule has 3 fully saturated rings. The molecule has 3 saturated carbocycles. The van der Waals surface area contributed by atoms with Crippen LogP contribution in [0.25, 0.3) is 0 Å². The molecular formula is C29H50N2O2. The van der Waals surface area contributed by atoms with Gasteiger partial charge in [0.25, 0.3) is 0 Å². The third-order valence-corrected chi connectivity index (χ3v) is 9.58. The highest BCUT2D eigenvalue weighted by atomic mass is 16.5. The summed E-state index contributed by atoms with van der Waals surface area (Å²) >= 11 is 0. The summed E-state index contributed by atoms with van der Waals surface area (Å²) in [6, 6.07) is 0. The van der Waals surface area contributed by atoms with Crippen molar-refractivity contribution in [3.63, 3.8) is 0 Å². The number of ether oxygens (including phenoxy) is 1. The molecule has 0 spiro atoms. The van der Waals surface area contributed by atoms with E-state index in [-0.39, 0.29) is 12.5 Å². The van der Waals surface area contributed by atoms with Crippen molar-refractivity contribution in [3.8, 4) is 0 Å². The van der Waals surface area contributed by atoms with Crippen LogP contribution in [0.15, 0.2) is 23.6 Å². The molecule has 0 aliphatic heterocycles. The average Bonchev–Trinajstić information content (AvgIpc) is 2.82. The van der Waals surface area contributed by atoms with Gasteiger partial charge in [-0.25, -0.2) is 0 Å². The van der Waals surface area contributed by atoms with Crippen LogP contribution < -0.4 is 11.5 Å². The monoisotopic (exact) mass is 458 g/mol. The van der Waals surface area contributed by atoms with Gasteiger partial charge in [-0.05, 0) is 106 Å². The predicted octanol–water partition coefficient (Wildman–Crippen LogP) is 6.53. The number of hydrogen-bond donors (Lipinski definition) is 3. The van der Waals surface area contributed by atoms with E-state index in [1.807, 2.05) is 0 Å². The quantitative estimate of drug-likeness (QED) is 0.285. The van der Waals surface area contributed by atoms with E-state index < -0.39 is 5.72 Å². The lowest BCUT2D eigenvalue weighted by Gasteiger charge is -2.41. The lowest BCUT2D eigenvalue weighted by Crippen LogP contribution is -2.40. The van der Waals surface area contributed by atoms with Gasteiger partial charge in [-0.3, -0.25) is 5.73 Å². The van der Waals surface area contributed by atoms with Crippen molar-refractivity contribution in [1.82, 2.24) is 0 Å². The van der Waals surface area contributed by atoms with E-state index >= 15 is 0 Å². The molecule has 0 aromatic rings. The van der Waals surface area contributed by atoms with Crippen LogP contribution in [-0.2, 0) is 4.74 Å². The maximum absolute atomic E-state index is 9.92. The molecule has 1 atom stereocenters. The Morgan fingerprint density at radius 2 is 1.36 bits per heavy atom. The molecule has 0 saturated heterocycles. The number of hydrogen-bond acceptors (Lipinski definition) is 4. The summed E-state index contributed by atoms with van der Waals surface area (Å²) < 4.78 is 6.21. The molecule has 4 heteroatoms. The molecule has 4 aliphatic carbocycles. The van der Waals surface area contributed by atoms with Gasteiger partial charge in [-0.15, -0.1) is 0 Å². The van der Waals surface area contributed by atoms with Crippen LogP contribution in [0.3, 0.4) is 0 Å². The molecule has 0 aromatic heterocycles. The number of aliphatic hydroxyl groups is 1. The van der Waals surface area contributed by atoms with Crippen LogP contribution in [0, 0.1) is 29.6 Å². The highest BCUT2D eigenvalue weighted by molar-refractivity contribution is 5.27. The van der Waals surface area contributed by atoms with Gasteiger partial charge >= 0.3 is 0 Å². The molecule has 4 rings (SSSR count). The third kappa shape index (κ3) is 7.01. The lowest BCUT2D eigenvalue weighted by atomic mass is 9.65. The standard InChI is InChI=1S/C29H50N2O2/c1-2-3-4-5-21-6-8-22(9-7-21)23-10-12-24(13-11-23)25-14-16-26(17-15-25)33-28-18-19-29(31,32)20-27(28)30/h18-19,21-26,32H,2-17,20,30-31H2,1H3. The fourth-order valence-electron chi connectivity index (χ4n) is 7.47. The maximum Gasteiger partial charge on any atom is 0.138 e. The molecule has 0 heterocycles. The lowest BCUT2D eigenvalue weighted by molar-refractivity contribution is 0.0408. The Hall–Kier alpha value is -1.00. The second kappa shape index (κ2) is 11.6. The predicted molar refractivity (Wildman–Crippen MR) is 136 cm³/mol. The summed E-state index contributed by atoms with van der Waals surface area (Å²) in [4.78, 5) is 0. The topological polar surface area (TPSA) is 81.5 Å². The molecule has 4 aliphatic rings. The zero-order chi connectivity index (χ0) is 23.3. The normalized spacial score (nSPS) is 40.1. The Morgan fingerprint density at radius 3 is 1.88 bits per heavy atom. The van der Waals surface area contributed by atoms with Gasteiger partial charge in [-0.2, -0.15) is 0 Å². The van der Waals surface area contributed by atoms with Gasteiger partial charge in [0.15, 0.2) is 0 Å². The first-order valence-electron chi connectivity index (χ1n) is 14.3. The molecule has 188 valence electrons. The number of rotatable bonds is 8. The molecule has 33 heavy (non-hydrogen) atoms. The van der Waals surface area contributed by atoms with Crippen LogP contribution in [0.5, 0.6) is 0 Å². The Morgan fingerprint density at radius 1 is 0.848 bits per heavy atom. The molecular weight excluding hydrogens is 408 g/mol. The largest absolute Gasteiger partial charge is 0.489 e. The summed E-state index contributed by atoms with van der Waals surface area (Å²) in [7, 11) is 0. The van der Waals surface area contributed by atoms with Gasteiger partial charge in [0.2, 0.25) is 0 Å². The van der Waals surface area contributed by atoms with E-state index in [4.69, 9.17) is 16.2 Å². The highest BCUT2D eigenvalue weighted by Gasteiger charge is 2.35. The van der Waals surface area contributed by atoms with E-state index in [0.717, 1.165) is 42.4 Å². The van der Waals surface area contributed by atoms with Crippen molar-refractivity contribution in [2.45, 2.75) is 128 Å². The Kier molecular flexibility index (Phi) is 8.84. The number of unbranched alkanes of at least 4 members (excludes halogenated alkanes) is 2. The van der Waals surface area contributed by atoms with Crippen molar-refractivity contribution in [2.24, 2.45) is 41.1 Å². The molecule has 1 unspecified atom stereocenters. The van der Waals surface area contributed by atoms with Crippen LogP contribution in [-0.4, -0.2) is 16.9 Å². The highest BCUT2D eigenvalue weighted by Crippen LogP contribution is 2.46. The zero-order valence-electron chi connectivity index (χ0n) is 21.1. The fourth-order valence-corrected chi connectivity index (χ4v) is 7.47. The van der Waals surface area contributed by atoms with Gasteiger partial charge in [0, 0.05) is 6.42 Å². The Balaban J connectivity index is 1.14. The van der Waals surface area contributed by atoms with Crippen LogP contribution in [0.1, 0.15) is 116 Å². The van der Waals surface area contributed by atoms with Crippen molar-refractivity contribution in [3.05, 3.63) is 23.6 Å². The van der Waals surface area contributed by atoms with E-state index in [0.29, 0.717) is 11.5 Å². The van der Waals surface area contributed by atoms with Crippen molar-refractivity contribution >= 4 is 0 Å². The second-order valence-electron chi connectivity index (χ2n) is 12.0. The van der Waals surface area contributed by atoms with E-state index in [2.05, 4.69) is 6.92 Å². The summed E-state index contributed by atoms with van der Waals surface area (Å²) in [5.74, 6) is 5.64. The van der Waals surface area contributed by atoms with Crippen LogP contribution in [0.4, 0.5) is 0 Å². The Bertz CT molecular complexity index is 661. The first-order valence-corrected chi connectivity index (χ1v) is 14.3. The molecule has 5 N–H and O–H groups in total. The van der Waals surface area contributed by atoms with Gasteiger partial charge in [0.1, 0.15) is 11.5 Å². The molecule has 0 amide bonds. The second-order valence-corrected chi connectivity index (χ2v) is 12.0. The van der Waals surface area contributed by atoms with Crippen LogP contribution in [0.2, 0.25) is 0 Å². The summed E-state index contributed by atoms with van der Waals surface area (Å²) in [6.45, 7) is 2.32. The minimum Gasteiger partial charge on any atom is -0.489 e. The smallest absolute Gasteiger partial charge is 0.138 e. The number of allylic oxidation sites excluding steroid dienone is 1. The molecule has 0 radical (unpaired) electrons. The number of nitrogens with two attached hydrogens (primary N) is 2. The Labute approximate surface area is 202 Å². The van der Waals surface area contributed by atoms with Gasteiger partial charge < -0.3 is 15.6 Å². The van der Waals surface area contributed by atoms with E-state index in [9.17, 15) is 5.11 Å². The van der Waals surface area contributed by atoms with Crippen molar-refractivity contribution in [1.29, 1.82) is 0 Å². The molecule has 0 bridgehead atoms. The fraction of sp³-hybridized carbons (Fsp3) is 0.862. The molecule has 0 aromatic carbocycles. The van der Waals surface area contributed by atoms with Crippen molar-refractivity contribution in [2.75, 3.05) is 0 Å². The van der Waals surface area contributed by atoms with E-state index in [1.165, 1.54) is 89.9 Å².